The van der Waals surface area contributed by atoms with E-state index in [9.17, 15) is 0 Å². The third-order valence-electron chi connectivity index (χ3n) is 0.544. The Balaban J connectivity index is -0.000000107. The van der Waals surface area contributed by atoms with Crippen LogP contribution >= 0.6 is 0 Å². The standard InChI is InChI=1S/C4H10O.C2H4O3.Na.H/c1-3-5-4-2;3-1-2(4)5;;/h3-4H2,1-2H3;3H,1H2,(H,4,5);;. The number of carbonyl (C=O) groups is 1. The quantitative estimate of drug-likeness (QED) is 0.564. The van der Waals surface area contributed by atoms with Crippen molar-refractivity contribution in [1.82, 2.24) is 0 Å². The van der Waals surface area contributed by atoms with Gasteiger partial charge in [0.05, 0.1) is 0 Å². The summed E-state index contributed by atoms with van der Waals surface area (Å²) in [5, 5.41) is 15.0. The molecule has 5 heteroatoms. The van der Waals surface area contributed by atoms with Crippen molar-refractivity contribution >= 4 is 35.5 Å². The van der Waals surface area contributed by atoms with Crippen molar-refractivity contribution in [2.45, 2.75) is 13.8 Å². The first kappa shape index (κ1) is 17.5. The predicted molar refractivity (Wildman–Crippen MR) is 44.0 cm³/mol. The molecular formula is C6H15NaO4. The molecule has 0 unspecified atom stereocenters. The summed E-state index contributed by atoms with van der Waals surface area (Å²) in [4.78, 5) is 9.12. The van der Waals surface area contributed by atoms with Crippen molar-refractivity contribution in [3.63, 3.8) is 0 Å². The van der Waals surface area contributed by atoms with E-state index in [1.165, 1.54) is 0 Å². The molecule has 0 bridgehead atoms. The molecule has 2 N–H and O–H groups in total. The van der Waals surface area contributed by atoms with Gasteiger partial charge in [-0.3, -0.25) is 0 Å². The molecule has 0 aliphatic carbocycles. The van der Waals surface area contributed by atoms with Crippen LogP contribution in [0, 0.1) is 0 Å². The van der Waals surface area contributed by atoms with Crippen LogP contribution in [0.1, 0.15) is 13.8 Å². The number of ether oxygens (including phenoxy) is 1. The number of carboxylic acids is 1. The fourth-order valence-electron chi connectivity index (χ4n) is 0.204. The second kappa shape index (κ2) is 16.8. The van der Waals surface area contributed by atoms with E-state index in [0.717, 1.165) is 13.2 Å². The number of aliphatic hydroxyl groups is 1. The van der Waals surface area contributed by atoms with Crippen molar-refractivity contribution in [2.75, 3.05) is 19.8 Å². The first-order chi connectivity index (χ1) is 4.68. The molecular weight excluding hydrogens is 159 g/mol. The van der Waals surface area contributed by atoms with Crippen LogP contribution in [0.4, 0.5) is 0 Å². The Morgan fingerprint density at radius 3 is 1.64 bits per heavy atom. The Bertz CT molecular complexity index is 75.0. The summed E-state index contributed by atoms with van der Waals surface area (Å²) in [6, 6.07) is 0. The predicted octanol–water partition coefficient (Wildman–Crippen LogP) is -0.542. The van der Waals surface area contributed by atoms with Gasteiger partial charge in [-0.25, -0.2) is 4.79 Å². The van der Waals surface area contributed by atoms with Crippen LogP contribution in [0.15, 0.2) is 0 Å². The maximum atomic E-state index is 9.12. The van der Waals surface area contributed by atoms with Gasteiger partial charge in [-0.2, -0.15) is 0 Å². The molecule has 0 spiro atoms. The third-order valence-corrected chi connectivity index (χ3v) is 0.544. The zero-order valence-electron chi connectivity index (χ0n) is 6.33. The van der Waals surface area contributed by atoms with Gasteiger partial charge in [-0.15, -0.1) is 0 Å². The van der Waals surface area contributed by atoms with Gasteiger partial charge >= 0.3 is 35.5 Å². The van der Waals surface area contributed by atoms with E-state index in [0.29, 0.717) is 0 Å². The molecule has 11 heavy (non-hydrogen) atoms. The summed E-state index contributed by atoms with van der Waals surface area (Å²) >= 11 is 0. The molecule has 0 saturated heterocycles. The minimum absolute atomic E-state index is 0. The van der Waals surface area contributed by atoms with Crippen molar-refractivity contribution in [1.29, 1.82) is 0 Å². The van der Waals surface area contributed by atoms with Gasteiger partial charge in [-0.1, -0.05) is 0 Å². The number of aliphatic hydroxyl groups excluding tert-OH is 1. The average Bonchev–Trinajstić information content (AvgIpc) is 1.91. The van der Waals surface area contributed by atoms with Gasteiger partial charge in [0.15, 0.2) is 0 Å². The molecule has 0 aromatic carbocycles. The number of aliphatic carboxylic acids is 1. The van der Waals surface area contributed by atoms with Gasteiger partial charge < -0.3 is 14.9 Å². The first-order valence-electron chi connectivity index (χ1n) is 3.09. The van der Waals surface area contributed by atoms with Gasteiger partial charge in [0.25, 0.3) is 0 Å². The molecule has 4 nitrogen and oxygen atoms in total. The summed E-state index contributed by atoms with van der Waals surface area (Å²) in [7, 11) is 0. The molecule has 0 saturated carbocycles. The van der Waals surface area contributed by atoms with Gasteiger partial charge in [0.1, 0.15) is 6.61 Å². The topological polar surface area (TPSA) is 66.8 Å². The molecule has 0 rings (SSSR count). The van der Waals surface area contributed by atoms with E-state index in [1.54, 1.807) is 0 Å². The number of rotatable bonds is 3. The molecule has 0 aliphatic rings. The third kappa shape index (κ3) is 37.9. The summed E-state index contributed by atoms with van der Waals surface area (Å²) in [5.41, 5.74) is 0. The number of hydrogen-bond acceptors (Lipinski definition) is 3. The monoisotopic (exact) mass is 174 g/mol. The molecule has 64 valence electrons. The Hall–Kier alpha value is 0.390. The van der Waals surface area contributed by atoms with Crippen LogP contribution in [-0.4, -0.2) is 65.6 Å². The van der Waals surface area contributed by atoms with Gasteiger partial charge in [-0.05, 0) is 13.8 Å². The van der Waals surface area contributed by atoms with E-state index < -0.39 is 12.6 Å². The molecule has 0 radical (unpaired) electrons. The molecule has 0 aromatic heterocycles. The Morgan fingerprint density at radius 1 is 1.36 bits per heavy atom. The van der Waals surface area contributed by atoms with E-state index >= 15 is 0 Å². The van der Waals surface area contributed by atoms with Gasteiger partial charge in [0.2, 0.25) is 0 Å². The summed E-state index contributed by atoms with van der Waals surface area (Å²) in [6.07, 6.45) is 0. The second-order valence-electron chi connectivity index (χ2n) is 1.33. The van der Waals surface area contributed by atoms with Crippen molar-refractivity contribution in [3.05, 3.63) is 0 Å². The van der Waals surface area contributed by atoms with E-state index in [4.69, 9.17) is 19.7 Å². The molecule has 0 atom stereocenters. The van der Waals surface area contributed by atoms with Crippen LogP contribution in [-0.2, 0) is 9.53 Å². The molecule has 0 fully saturated rings. The van der Waals surface area contributed by atoms with E-state index in [2.05, 4.69) is 0 Å². The molecule has 0 aromatic rings. The van der Waals surface area contributed by atoms with Crippen molar-refractivity contribution < 1.29 is 19.7 Å². The SMILES string of the molecule is CCOCC.O=C(O)CO.[NaH]. The summed E-state index contributed by atoms with van der Waals surface area (Å²) < 4.78 is 4.83. The first-order valence-corrected chi connectivity index (χ1v) is 3.09. The second-order valence-corrected chi connectivity index (χ2v) is 1.33. The van der Waals surface area contributed by atoms with Crippen LogP contribution in [0.3, 0.4) is 0 Å². The summed E-state index contributed by atoms with van der Waals surface area (Å²) in [6.45, 7) is 4.89. The molecule has 0 aliphatic heterocycles. The Kier molecular flexibility index (Phi) is 26.6. The zero-order chi connectivity index (χ0) is 8.41. The van der Waals surface area contributed by atoms with E-state index in [1.807, 2.05) is 13.8 Å². The van der Waals surface area contributed by atoms with E-state index in [-0.39, 0.29) is 29.6 Å². The van der Waals surface area contributed by atoms with Crippen molar-refractivity contribution in [3.8, 4) is 0 Å². The normalized spacial score (nSPS) is 7.18. The average molecular weight is 174 g/mol. The zero-order valence-corrected chi connectivity index (χ0v) is 6.33. The van der Waals surface area contributed by atoms with Crippen LogP contribution in [0.25, 0.3) is 0 Å². The molecule has 0 heterocycles. The Labute approximate surface area is 88.8 Å². The maximum absolute atomic E-state index is 9.12. The summed E-state index contributed by atoms with van der Waals surface area (Å²) in [5.74, 6) is -1.19. The molecule has 0 amide bonds. The fourth-order valence-corrected chi connectivity index (χ4v) is 0.204. The van der Waals surface area contributed by atoms with Crippen LogP contribution in [0.2, 0.25) is 0 Å². The number of carboxylic acid groups (broad SMARTS) is 1. The van der Waals surface area contributed by atoms with Crippen LogP contribution < -0.4 is 0 Å². The fraction of sp³-hybridized carbons (Fsp3) is 0.833. The minimum atomic E-state index is -1.19. The van der Waals surface area contributed by atoms with Gasteiger partial charge in [0, 0.05) is 13.2 Å². The van der Waals surface area contributed by atoms with Crippen molar-refractivity contribution in [2.24, 2.45) is 0 Å². The Morgan fingerprint density at radius 2 is 1.64 bits per heavy atom. The number of hydrogen-bond donors (Lipinski definition) is 2. The van der Waals surface area contributed by atoms with Crippen LogP contribution in [0.5, 0.6) is 0 Å².